The van der Waals surface area contributed by atoms with Crippen molar-refractivity contribution in [2.45, 2.75) is 13.2 Å². The highest BCUT2D eigenvalue weighted by Crippen LogP contribution is 2.30. The second-order valence-corrected chi connectivity index (χ2v) is 7.97. The molecule has 4 nitrogen and oxygen atoms in total. The Morgan fingerprint density at radius 2 is 1.67 bits per heavy atom. The fourth-order valence-electron chi connectivity index (χ4n) is 3.39. The Kier molecular flexibility index (Phi) is 7.00. The minimum Gasteiger partial charge on any atom is -0.487 e. The summed E-state index contributed by atoms with van der Waals surface area (Å²) >= 11 is 12.9. The number of halogens is 2. The zero-order valence-electron chi connectivity index (χ0n) is 16.6. The fraction of sp³-hybridized carbons (Fsp3) is 0.250. The second-order valence-electron chi connectivity index (χ2n) is 7.16. The molecule has 0 radical (unpaired) electrons. The fourth-order valence-corrected chi connectivity index (χ4v) is 3.95. The highest BCUT2D eigenvalue weighted by Gasteiger charge is 2.14. The lowest BCUT2D eigenvalue weighted by Gasteiger charge is -2.29. The number of hydrogen-bond donors (Lipinski definition) is 1. The van der Waals surface area contributed by atoms with Gasteiger partial charge in [-0.25, -0.2) is 0 Å². The normalized spacial score (nSPS) is 13.9. The highest BCUT2D eigenvalue weighted by atomic mass is 35.5. The van der Waals surface area contributed by atoms with E-state index < -0.39 is 0 Å². The zero-order chi connectivity index (χ0) is 20.8. The first-order valence-corrected chi connectivity index (χ1v) is 10.8. The van der Waals surface area contributed by atoms with Gasteiger partial charge in [0.2, 0.25) is 0 Å². The van der Waals surface area contributed by atoms with E-state index in [1.165, 1.54) is 0 Å². The minimum absolute atomic E-state index is 0.492. The van der Waals surface area contributed by atoms with E-state index in [1.807, 2.05) is 54.6 Å². The summed E-state index contributed by atoms with van der Waals surface area (Å²) in [6.07, 6.45) is 0. The van der Waals surface area contributed by atoms with Gasteiger partial charge in [-0.15, -0.1) is 0 Å². The van der Waals surface area contributed by atoms with Gasteiger partial charge < -0.3 is 19.7 Å². The van der Waals surface area contributed by atoms with E-state index in [2.05, 4.69) is 22.3 Å². The summed E-state index contributed by atoms with van der Waals surface area (Å²) in [7, 11) is 0. The lowest BCUT2D eigenvalue weighted by molar-refractivity contribution is 0.122. The molecule has 0 aromatic heterocycles. The smallest absolute Gasteiger partial charge is 0.138 e. The van der Waals surface area contributed by atoms with Gasteiger partial charge in [0, 0.05) is 25.3 Å². The molecule has 156 valence electrons. The van der Waals surface area contributed by atoms with E-state index in [-0.39, 0.29) is 0 Å². The van der Waals surface area contributed by atoms with Gasteiger partial charge in [-0.05, 0) is 41.5 Å². The number of nitrogens with zero attached hydrogens (tertiary/aromatic N) is 1. The summed E-state index contributed by atoms with van der Waals surface area (Å²) in [6, 6.07) is 22.0. The molecule has 3 aromatic rings. The maximum Gasteiger partial charge on any atom is 0.138 e. The number of nitrogens with one attached hydrogen (secondary N) is 1. The molecule has 0 unspecified atom stereocenters. The van der Waals surface area contributed by atoms with Gasteiger partial charge in [-0.2, -0.15) is 0 Å². The molecule has 1 aliphatic heterocycles. The van der Waals surface area contributed by atoms with E-state index in [4.69, 9.17) is 32.7 Å². The predicted molar refractivity (Wildman–Crippen MR) is 124 cm³/mol. The number of rotatable bonds is 7. The van der Waals surface area contributed by atoms with Crippen molar-refractivity contribution in [1.82, 2.24) is 0 Å². The van der Waals surface area contributed by atoms with Gasteiger partial charge in [0.1, 0.15) is 12.4 Å². The molecule has 1 N–H and O–H groups in total. The Morgan fingerprint density at radius 3 is 2.40 bits per heavy atom. The van der Waals surface area contributed by atoms with E-state index >= 15 is 0 Å². The van der Waals surface area contributed by atoms with E-state index in [0.29, 0.717) is 23.9 Å². The first kappa shape index (κ1) is 20.9. The van der Waals surface area contributed by atoms with Gasteiger partial charge in [-0.1, -0.05) is 59.6 Å². The Hall–Kier alpha value is -2.40. The average Bonchev–Trinajstić information content (AvgIpc) is 2.78. The minimum atomic E-state index is 0.492. The van der Waals surface area contributed by atoms with Crippen molar-refractivity contribution in [3.63, 3.8) is 0 Å². The largest absolute Gasteiger partial charge is 0.487 e. The second kappa shape index (κ2) is 10.1. The topological polar surface area (TPSA) is 33.7 Å². The molecule has 3 aromatic carbocycles. The lowest BCUT2D eigenvalue weighted by Crippen LogP contribution is -2.36. The average molecular weight is 443 g/mol. The van der Waals surface area contributed by atoms with E-state index in [0.717, 1.165) is 53.8 Å². The van der Waals surface area contributed by atoms with Crippen LogP contribution in [-0.2, 0) is 17.9 Å². The van der Waals surface area contributed by atoms with Crippen molar-refractivity contribution in [1.29, 1.82) is 0 Å². The third kappa shape index (κ3) is 5.39. The predicted octanol–water partition coefficient (Wildman–Crippen LogP) is 6.02. The number of morpholine rings is 1. The number of hydrogen-bond acceptors (Lipinski definition) is 4. The SMILES string of the molecule is Clc1cc(CNc2ccc(N3CCOCC3)c(Cl)c2)ccc1OCc1ccccc1. The van der Waals surface area contributed by atoms with Gasteiger partial charge in [0.05, 0.1) is 28.9 Å². The molecule has 1 aliphatic rings. The van der Waals surface area contributed by atoms with Crippen LogP contribution in [0.5, 0.6) is 5.75 Å². The quantitative estimate of drug-likeness (QED) is 0.484. The molecule has 4 rings (SSSR count). The Labute approximate surface area is 187 Å². The van der Waals surface area contributed by atoms with Crippen LogP contribution in [-0.4, -0.2) is 26.3 Å². The van der Waals surface area contributed by atoms with E-state index in [1.54, 1.807) is 0 Å². The molecular formula is C24H24Cl2N2O2. The Morgan fingerprint density at radius 1 is 0.867 bits per heavy atom. The summed E-state index contributed by atoms with van der Waals surface area (Å²) in [4.78, 5) is 2.25. The molecule has 6 heteroatoms. The molecule has 1 heterocycles. The summed E-state index contributed by atoms with van der Waals surface area (Å²) < 4.78 is 11.3. The number of ether oxygens (including phenoxy) is 2. The standard InChI is InChI=1S/C24H24Cl2N2O2/c25-21-15-20(7-8-23(21)28-10-12-29-13-11-28)27-16-19-6-9-24(22(26)14-19)30-17-18-4-2-1-3-5-18/h1-9,14-15,27H,10-13,16-17H2. The van der Waals surface area contributed by atoms with Gasteiger partial charge in [0.25, 0.3) is 0 Å². The maximum atomic E-state index is 6.52. The number of anilines is 2. The first-order valence-electron chi connectivity index (χ1n) is 10.0. The van der Waals surface area contributed by atoms with Crippen LogP contribution in [0.3, 0.4) is 0 Å². The third-order valence-electron chi connectivity index (χ3n) is 5.03. The maximum absolute atomic E-state index is 6.52. The molecule has 0 amide bonds. The van der Waals surface area contributed by atoms with Crippen molar-refractivity contribution >= 4 is 34.6 Å². The van der Waals surface area contributed by atoms with Gasteiger partial charge in [-0.3, -0.25) is 0 Å². The van der Waals surface area contributed by atoms with Crippen LogP contribution >= 0.6 is 23.2 Å². The number of benzene rings is 3. The van der Waals surface area contributed by atoms with E-state index in [9.17, 15) is 0 Å². The summed E-state index contributed by atoms with van der Waals surface area (Å²) in [5, 5.41) is 4.75. The molecular weight excluding hydrogens is 419 g/mol. The summed E-state index contributed by atoms with van der Waals surface area (Å²) in [5.41, 5.74) is 4.20. The van der Waals surface area contributed by atoms with Gasteiger partial charge >= 0.3 is 0 Å². The van der Waals surface area contributed by atoms with Crippen LogP contribution in [0.1, 0.15) is 11.1 Å². The van der Waals surface area contributed by atoms with Crippen molar-refractivity contribution in [2.24, 2.45) is 0 Å². The summed E-state index contributed by atoms with van der Waals surface area (Å²) in [5.74, 6) is 0.683. The molecule has 0 spiro atoms. The molecule has 0 bridgehead atoms. The first-order chi connectivity index (χ1) is 14.7. The monoisotopic (exact) mass is 442 g/mol. The molecule has 0 aliphatic carbocycles. The van der Waals surface area contributed by atoms with Crippen LogP contribution in [0.25, 0.3) is 0 Å². The van der Waals surface area contributed by atoms with Crippen LogP contribution in [0, 0.1) is 0 Å². The van der Waals surface area contributed by atoms with Crippen molar-refractivity contribution in [3.05, 3.63) is 87.9 Å². The van der Waals surface area contributed by atoms with Crippen LogP contribution in [0.2, 0.25) is 10.0 Å². The lowest BCUT2D eigenvalue weighted by atomic mass is 10.2. The molecule has 0 atom stereocenters. The molecule has 30 heavy (non-hydrogen) atoms. The van der Waals surface area contributed by atoms with Crippen LogP contribution in [0.4, 0.5) is 11.4 Å². The Balaban J connectivity index is 1.34. The Bertz CT molecular complexity index is 976. The van der Waals surface area contributed by atoms with Crippen LogP contribution in [0.15, 0.2) is 66.7 Å². The highest BCUT2D eigenvalue weighted by molar-refractivity contribution is 6.33. The molecule has 0 saturated carbocycles. The van der Waals surface area contributed by atoms with Crippen molar-refractivity contribution < 1.29 is 9.47 Å². The van der Waals surface area contributed by atoms with Crippen molar-refractivity contribution in [2.75, 3.05) is 36.5 Å². The summed E-state index contributed by atoms with van der Waals surface area (Å²) in [6.45, 7) is 4.34. The molecule has 1 saturated heterocycles. The molecule has 1 fully saturated rings. The van der Waals surface area contributed by atoms with Gasteiger partial charge in [0.15, 0.2) is 0 Å². The zero-order valence-corrected chi connectivity index (χ0v) is 18.1. The van der Waals surface area contributed by atoms with Crippen LogP contribution < -0.4 is 15.0 Å². The van der Waals surface area contributed by atoms with Crippen molar-refractivity contribution in [3.8, 4) is 5.75 Å². The third-order valence-corrected chi connectivity index (χ3v) is 5.63.